The van der Waals surface area contributed by atoms with Crippen LogP contribution in [0.5, 0.6) is 0 Å². The van der Waals surface area contributed by atoms with Crippen molar-refractivity contribution < 1.29 is 9.90 Å². The van der Waals surface area contributed by atoms with E-state index in [1.807, 2.05) is 0 Å². The van der Waals surface area contributed by atoms with Crippen molar-refractivity contribution in [1.29, 1.82) is 0 Å². The molecule has 0 spiro atoms. The Morgan fingerprint density at radius 3 is 2.79 bits per heavy atom. The second-order valence-electron chi connectivity index (χ2n) is 5.18. The summed E-state index contributed by atoms with van der Waals surface area (Å²) in [6, 6.07) is 0.232. The summed E-state index contributed by atoms with van der Waals surface area (Å²) in [6.07, 6.45) is 3.87. The third-order valence-electron chi connectivity index (χ3n) is 3.43. The number of piperidine rings is 1. The number of hydrogen-bond acceptors (Lipinski definition) is 5. The molecule has 1 saturated heterocycles. The number of carbonyl (C=O) groups is 1. The number of carboxylic acid groups (broad SMARTS) is 1. The van der Waals surface area contributed by atoms with Crippen LogP contribution < -0.4 is 5.32 Å². The minimum Gasteiger partial charge on any atom is -0.478 e. The second kappa shape index (κ2) is 6.34. The Bertz CT molecular complexity index is 441. The zero-order valence-corrected chi connectivity index (χ0v) is 12.3. The number of aryl methyl sites for hydroxylation is 1. The number of carboxylic acids is 1. The van der Waals surface area contributed by atoms with E-state index in [4.69, 9.17) is 0 Å². The van der Waals surface area contributed by atoms with Gasteiger partial charge in [0, 0.05) is 12.6 Å². The van der Waals surface area contributed by atoms with E-state index in [9.17, 15) is 9.90 Å². The summed E-state index contributed by atoms with van der Waals surface area (Å²) in [4.78, 5) is 13.6. The molecule has 2 rings (SSSR count). The van der Waals surface area contributed by atoms with Gasteiger partial charge < -0.3 is 15.3 Å². The van der Waals surface area contributed by atoms with Crippen molar-refractivity contribution in [1.82, 2.24) is 9.27 Å². The molecule has 0 saturated carbocycles. The first kappa shape index (κ1) is 14.3. The third kappa shape index (κ3) is 3.67. The maximum atomic E-state index is 11.2. The van der Waals surface area contributed by atoms with Crippen molar-refractivity contribution >= 4 is 22.5 Å². The monoisotopic (exact) mass is 283 g/mol. The molecule has 1 fully saturated rings. The average molecular weight is 283 g/mol. The SMILES string of the molecule is Cc1nsc(NC(C)CN2CCCCC2)c1C(=O)O. The standard InChI is InChI=1S/C13H21N3O2S/c1-9(8-16-6-4-3-5-7-16)14-12-11(13(17)18)10(2)15-19-12/h9,14H,3-8H2,1-2H3,(H,17,18). The van der Waals surface area contributed by atoms with Crippen LogP contribution in [0, 0.1) is 6.92 Å². The van der Waals surface area contributed by atoms with E-state index in [0.717, 1.165) is 19.6 Å². The van der Waals surface area contributed by atoms with Gasteiger partial charge in [-0.25, -0.2) is 4.79 Å². The summed E-state index contributed by atoms with van der Waals surface area (Å²) in [5, 5.41) is 13.2. The van der Waals surface area contributed by atoms with E-state index < -0.39 is 5.97 Å². The van der Waals surface area contributed by atoms with Gasteiger partial charge >= 0.3 is 5.97 Å². The van der Waals surface area contributed by atoms with Crippen LogP contribution in [-0.2, 0) is 0 Å². The lowest BCUT2D eigenvalue weighted by Crippen LogP contribution is -2.38. The smallest absolute Gasteiger partial charge is 0.340 e. The van der Waals surface area contributed by atoms with Gasteiger partial charge in [-0.15, -0.1) is 0 Å². The normalized spacial score (nSPS) is 18.2. The minimum absolute atomic E-state index is 0.232. The van der Waals surface area contributed by atoms with Crippen LogP contribution in [0.4, 0.5) is 5.00 Å². The molecule has 2 heterocycles. The lowest BCUT2D eigenvalue weighted by atomic mass is 10.1. The molecule has 1 aliphatic heterocycles. The van der Waals surface area contributed by atoms with Gasteiger partial charge in [0.2, 0.25) is 0 Å². The van der Waals surface area contributed by atoms with Gasteiger partial charge in [0.05, 0.1) is 5.69 Å². The van der Waals surface area contributed by atoms with Crippen LogP contribution >= 0.6 is 11.5 Å². The van der Waals surface area contributed by atoms with E-state index in [0.29, 0.717) is 16.3 Å². The van der Waals surface area contributed by atoms with Gasteiger partial charge in [-0.05, 0) is 51.3 Å². The Kier molecular flexibility index (Phi) is 4.76. The summed E-state index contributed by atoms with van der Waals surface area (Å²) in [5.41, 5.74) is 0.903. The molecule has 0 aromatic carbocycles. The zero-order valence-electron chi connectivity index (χ0n) is 11.5. The Morgan fingerprint density at radius 1 is 1.47 bits per heavy atom. The fraction of sp³-hybridized carbons (Fsp3) is 0.692. The predicted octanol–water partition coefficient (Wildman–Crippen LogP) is 2.44. The molecule has 0 aliphatic carbocycles. The summed E-state index contributed by atoms with van der Waals surface area (Å²) >= 11 is 1.23. The van der Waals surface area contributed by atoms with E-state index >= 15 is 0 Å². The van der Waals surface area contributed by atoms with Crippen LogP contribution in [0.25, 0.3) is 0 Å². The summed E-state index contributed by atoms with van der Waals surface area (Å²) < 4.78 is 4.12. The molecular formula is C13H21N3O2S. The molecule has 1 aromatic rings. The van der Waals surface area contributed by atoms with Crippen molar-refractivity contribution in [3.63, 3.8) is 0 Å². The van der Waals surface area contributed by atoms with Gasteiger partial charge in [0.15, 0.2) is 0 Å². The second-order valence-corrected chi connectivity index (χ2v) is 5.96. The molecule has 0 bridgehead atoms. The number of nitrogens with one attached hydrogen (secondary N) is 1. The van der Waals surface area contributed by atoms with E-state index in [1.54, 1.807) is 6.92 Å². The van der Waals surface area contributed by atoms with Crippen molar-refractivity contribution in [2.24, 2.45) is 0 Å². The molecule has 106 valence electrons. The topological polar surface area (TPSA) is 65.5 Å². The number of aromatic carboxylic acids is 1. The fourth-order valence-electron chi connectivity index (χ4n) is 2.52. The lowest BCUT2D eigenvalue weighted by molar-refractivity contribution is 0.0697. The van der Waals surface area contributed by atoms with Crippen LogP contribution in [0.3, 0.4) is 0 Å². The molecule has 1 aromatic heterocycles. The van der Waals surface area contributed by atoms with Crippen molar-refractivity contribution in [2.45, 2.75) is 39.2 Å². The van der Waals surface area contributed by atoms with E-state index in [2.05, 4.69) is 21.5 Å². The highest BCUT2D eigenvalue weighted by Crippen LogP contribution is 2.25. The number of nitrogens with zero attached hydrogens (tertiary/aromatic N) is 2. The highest BCUT2D eigenvalue weighted by Gasteiger charge is 2.20. The highest BCUT2D eigenvalue weighted by molar-refractivity contribution is 7.10. The predicted molar refractivity (Wildman–Crippen MR) is 77.2 cm³/mol. The molecule has 0 amide bonds. The van der Waals surface area contributed by atoms with Crippen LogP contribution in [0.2, 0.25) is 0 Å². The van der Waals surface area contributed by atoms with Crippen LogP contribution in [0.15, 0.2) is 0 Å². The summed E-state index contributed by atoms with van der Waals surface area (Å²) in [5.74, 6) is -0.904. The Labute approximate surface area is 117 Å². The first-order valence-corrected chi connectivity index (χ1v) is 7.53. The third-order valence-corrected chi connectivity index (χ3v) is 4.30. The molecule has 6 heteroatoms. The molecule has 1 aliphatic rings. The first-order valence-electron chi connectivity index (χ1n) is 6.76. The van der Waals surface area contributed by atoms with E-state index in [-0.39, 0.29) is 6.04 Å². The molecule has 5 nitrogen and oxygen atoms in total. The molecule has 19 heavy (non-hydrogen) atoms. The van der Waals surface area contributed by atoms with Crippen molar-refractivity contribution in [3.05, 3.63) is 11.3 Å². The van der Waals surface area contributed by atoms with Gasteiger partial charge in [0.1, 0.15) is 10.6 Å². The Morgan fingerprint density at radius 2 is 2.16 bits per heavy atom. The van der Waals surface area contributed by atoms with Gasteiger partial charge in [0.25, 0.3) is 0 Å². The average Bonchev–Trinajstić information content (AvgIpc) is 2.71. The molecule has 2 N–H and O–H groups in total. The first-order chi connectivity index (χ1) is 9.08. The number of hydrogen-bond donors (Lipinski definition) is 2. The summed E-state index contributed by atoms with van der Waals surface area (Å²) in [7, 11) is 0. The van der Waals surface area contributed by atoms with Gasteiger partial charge in [-0.2, -0.15) is 4.37 Å². The number of anilines is 1. The minimum atomic E-state index is -0.904. The van der Waals surface area contributed by atoms with Gasteiger partial charge in [-0.1, -0.05) is 6.42 Å². The molecule has 0 radical (unpaired) electrons. The Hall–Kier alpha value is -1.14. The van der Waals surface area contributed by atoms with E-state index in [1.165, 1.54) is 30.8 Å². The van der Waals surface area contributed by atoms with Crippen molar-refractivity contribution in [2.75, 3.05) is 25.0 Å². The molecule has 1 atom stereocenters. The molecular weight excluding hydrogens is 262 g/mol. The number of aromatic nitrogens is 1. The fourth-order valence-corrected chi connectivity index (χ4v) is 3.42. The quantitative estimate of drug-likeness (QED) is 0.869. The number of rotatable bonds is 5. The Balaban J connectivity index is 1.94. The van der Waals surface area contributed by atoms with Crippen molar-refractivity contribution in [3.8, 4) is 0 Å². The molecule has 1 unspecified atom stereocenters. The van der Waals surface area contributed by atoms with Crippen LogP contribution in [0.1, 0.15) is 42.2 Å². The largest absolute Gasteiger partial charge is 0.478 e. The lowest BCUT2D eigenvalue weighted by Gasteiger charge is -2.29. The van der Waals surface area contributed by atoms with Gasteiger partial charge in [-0.3, -0.25) is 0 Å². The van der Waals surface area contributed by atoms with Crippen LogP contribution in [-0.4, -0.2) is 46.0 Å². The maximum absolute atomic E-state index is 11.2. The summed E-state index contributed by atoms with van der Waals surface area (Å²) in [6.45, 7) is 7.09. The number of likely N-dealkylation sites (tertiary alicyclic amines) is 1. The highest BCUT2D eigenvalue weighted by atomic mass is 32.1. The zero-order chi connectivity index (χ0) is 13.8. The maximum Gasteiger partial charge on any atom is 0.340 e.